The molecule has 1 unspecified atom stereocenters. The maximum atomic E-state index is 12.0. The lowest BCUT2D eigenvalue weighted by Gasteiger charge is -2.32. The van der Waals surface area contributed by atoms with E-state index in [1.165, 1.54) is 6.26 Å². The minimum atomic E-state index is -3.00. The minimum absolute atomic E-state index is 0.0779. The van der Waals surface area contributed by atoms with Crippen LogP contribution >= 0.6 is 0 Å². The summed E-state index contributed by atoms with van der Waals surface area (Å²) in [5.74, 6) is -0.239. The van der Waals surface area contributed by atoms with Gasteiger partial charge in [-0.15, -0.1) is 0 Å². The van der Waals surface area contributed by atoms with Gasteiger partial charge in [0, 0.05) is 19.3 Å². The minimum Gasteiger partial charge on any atom is -0.465 e. The van der Waals surface area contributed by atoms with E-state index in [1.54, 1.807) is 20.9 Å². The standard InChI is InChI=1S/C12H26N2O4S/c1-6-13-12(3,11(15)18-7-2)10-14(4)8-9-19(5,16)17/h13H,6-10H2,1-5H3. The molecule has 0 saturated carbocycles. The molecule has 19 heavy (non-hydrogen) atoms. The van der Waals surface area contributed by atoms with Crippen molar-refractivity contribution in [3.63, 3.8) is 0 Å². The van der Waals surface area contributed by atoms with Crippen molar-refractivity contribution in [3.8, 4) is 0 Å². The third-order valence-electron chi connectivity index (χ3n) is 2.72. The lowest BCUT2D eigenvalue weighted by molar-refractivity contribution is -0.151. The predicted octanol–water partition coefficient (Wildman–Crippen LogP) is -0.106. The van der Waals surface area contributed by atoms with Crippen LogP contribution in [0.5, 0.6) is 0 Å². The number of rotatable bonds is 9. The largest absolute Gasteiger partial charge is 0.465 e. The van der Waals surface area contributed by atoms with E-state index >= 15 is 0 Å². The Balaban J connectivity index is 4.60. The van der Waals surface area contributed by atoms with Crippen LogP contribution in [0, 0.1) is 0 Å². The van der Waals surface area contributed by atoms with E-state index in [1.807, 2.05) is 11.8 Å². The molecule has 1 N–H and O–H groups in total. The molecule has 0 aromatic carbocycles. The zero-order chi connectivity index (χ0) is 15.1. The van der Waals surface area contributed by atoms with Crippen molar-refractivity contribution in [2.45, 2.75) is 26.3 Å². The van der Waals surface area contributed by atoms with Crippen molar-refractivity contribution in [1.29, 1.82) is 0 Å². The summed E-state index contributed by atoms with van der Waals surface area (Å²) < 4.78 is 27.3. The molecule has 0 saturated heterocycles. The highest BCUT2D eigenvalue weighted by Crippen LogP contribution is 2.09. The van der Waals surface area contributed by atoms with Crippen LogP contribution in [0.15, 0.2) is 0 Å². The van der Waals surface area contributed by atoms with Gasteiger partial charge in [0.1, 0.15) is 15.4 Å². The van der Waals surface area contributed by atoms with Gasteiger partial charge < -0.3 is 15.0 Å². The number of likely N-dealkylation sites (N-methyl/N-ethyl adjacent to an activating group) is 2. The number of esters is 1. The first-order chi connectivity index (χ1) is 8.64. The summed E-state index contributed by atoms with van der Waals surface area (Å²) in [6.07, 6.45) is 1.20. The predicted molar refractivity (Wildman–Crippen MR) is 75.9 cm³/mol. The molecule has 0 radical (unpaired) electrons. The van der Waals surface area contributed by atoms with Crippen LogP contribution in [0.1, 0.15) is 20.8 Å². The van der Waals surface area contributed by atoms with E-state index in [9.17, 15) is 13.2 Å². The highest BCUT2D eigenvalue weighted by molar-refractivity contribution is 7.90. The second-order valence-corrected chi connectivity index (χ2v) is 7.21. The van der Waals surface area contributed by atoms with Crippen LogP contribution in [0.25, 0.3) is 0 Å². The highest BCUT2D eigenvalue weighted by atomic mass is 32.2. The molecular weight excluding hydrogens is 268 g/mol. The number of hydrogen-bond acceptors (Lipinski definition) is 6. The molecule has 0 aliphatic carbocycles. The van der Waals surface area contributed by atoms with Crippen LogP contribution in [0.4, 0.5) is 0 Å². The highest BCUT2D eigenvalue weighted by Gasteiger charge is 2.35. The molecular formula is C12H26N2O4S. The number of sulfone groups is 1. The van der Waals surface area contributed by atoms with Gasteiger partial charge in [-0.05, 0) is 27.4 Å². The van der Waals surface area contributed by atoms with Gasteiger partial charge in [0.15, 0.2) is 0 Å². The van der Waals surface area contributed by atoms with Crippen molar-refractivity contribution < 1.29 is 17.9 Å². The van der Waals surface area contributed by atoms with Gasteiger partial charge in [-0.25, -0.2) is 8.42 Å². The fourth-order valence-corrected chi connectivity index (χ4v) is 2.46. The molecule has 0 spiro atoms. The Morgan fingerprint density at radius 3 is 2.37 bits per heavy atom. The van der Waals surface area contributed by atoms with E-state index in [2.05, 4.69) is 5.32 Å². The smallest absolute Gasteiger partial charge is 0.327 e. The van der Waals surface area contributed by atoms with E-state index < -0.39 is 15.4 Å². The van der Waals surface area contributed by atoms with Crippen LogP contribution in [0.2, 0.25) is 0 Å². The molecule has 1 atom stereocenters. The monoisotopic (exact) mass is 294 g/mol. The summed E-state index contributed by atoms with van der Waals surface area (Å²) in [6.45, 7) is 7.19. The van der Waals surface area contributed by atoms with Crippen LogP contribution in [-0.2, 0) is 19.4 Å². The first-order valence-corrected chi connectivity index (χ1v) is 8.49. The third-order valence-corrected chi connectivity index (χ3v) is 3.65. The molecule has 0 aromatic rings. The fraction of sp³-hybridized carbons (Fsp3) is 0.917. The summed E-state index contributed by atoms with van der Waals surface area (Å²) in [5, 5.41) is 3.11. The molecule has 0 amide bonds. The Morgan fingerprint density at radius 2 is 1.95 bits per heavy atom. The number of hydrogen-bond donors (Lipinski definition) is 1. The molecule has 0 aliphatic rings. The second-order valence-electron chi connectivity index (χ2n) is 4.95. The maximum absolute atomic E-state index is 12.0. The average molecular weight is 294 g/mol. The Bertz CT molecular complexity index is 383. The molecule has 0 bridgehead atoms. The Labute approximate surface area is 116 Å². The van der Waals surface area contributed by atoms with Crippen LogP contribution in [0.3, 0.4) is 0 Å². The van der Waals surface area contributed by atoms with Gasteiger partial charge in [0.05, 0.1) is 12.4 Å². The van der Waals surface area contributed by atoms with E-state index in [0.717, 1.165) is 0 Å². The first kappa shape index (κ1) is 18.3. The molecule has 114 valence electrons. The number of nitrogens with one attached hydrogen (secondary N) is 1. The lowest BCUT2D eigenvalue weighted by Crippen LogP contribution is -2.57. The zero-order valence-corrected chi connectivity index (χ0v) is 13.3. The molecule has 0 aromatic heterocycles. The number of ether oxygens (including phenoxy) is 1. The van der Waals surface area contributed by atoms with Crippen molar-refractivity contribution in [2.75, 3.05) is 45.3 Å². The topological polar surface area (TPSA) is 75.7 Å². The first-order valence-electron chi connectivity index (χ1n) is 6.43. The molecule has 0 heterocycles. The number of carbonyl (C=O) groups is 1. The molecule has 0 rings (SSSR count). The maximum Gasteiger partial charge on any atom is 0.327 e. The quantitative estimate of drug-likeness (QED) is 0.598. The van der Waals surface area contributed by atoms with Gasteiger partial charge >= 0.3 is 5.97 Å². The fourth-order valence-electron chi connectivity index (χ4n) is 1.81. The SMILES string of the molecule is CCNC(C)(CN(C)CCS(C)(=O)=O)C(=O)OCC. The van der Waals surface area contributed by atoms with Crippen molar-refractivity contribution in [1.82, 2.24) is 10.2 Å². The Morgan fingerprint density at radius 1 is 1.37 bits per heavy atom. The summed E-state index contributed by atoms with van der Waals surface area (Å²) in [5.41, 5.74) is -0.822. The van der Waals surface area contributed by atoms with E-state index in [-0.39, 0.29) is 11.7 Å². The zero-order valence-electron chi connectivity index (χ0n) is 12.5. The van der Waals surface area contributed by atoms with Crippen LogP contribution < -0.4 is 5.32 Å². The summed E-state index contributed by atoms with van der Waals surface area (Å²) in [7, 11) is -1.20. The molecule has 0 fully saturated rings. The normalized spacial score (nSPS) is 15.3. The molecule has 7 heteroatoms. The summed E-state index contributed by atoms with van der Waals surface area (Å²) in [6, 6.07) is 0. The third kappa shape index (κ3) is 7.49. The summed E-state index contributed by atoms with van der Waals surface area (Å²) >= 11 is 0. The lowest BCUT2D eigenvalue weighted by atomic mass is 10.0. The van der Waals surface area contributed by atoms with Gasteiger partial charge in [-0.1, -0.05) is 6.92 Å². The van der Waals surface area contributed by atoms with Gasteiger partial charge in [0.25, 0.3) is 0 Å². The van der Waals surface area contributed by atoms with Crippen LogP contribution in [-0.4, -0.2) is 70.1 Å². The van der Waals surface area contributed by atoms with E-state index in [0.29, 0.717) is 26.2 Å². The average Bonchev–Trinajstić information content (AvgIpc) is 2.26. The molecule has 6 nitrogen and oxygen atoms in total. The number of carbonyl (C=O) groups excluding carboxylic acids is 1. The van der Waals surface area contributed by atoms with E-state index in [4.69, 9.17) is 4.74 Å². The second kappa shape index (κ2) is 7.81. The van der Waals surface area contributed by atoms with Crippen molar-refractivity contribution in [3.05, 3.63) is 0 Å². The Kier molecular flexibility index (Phi) is 7.54. The van der Waals surface area contributed by atoms with Gasteiger partial charge in [-0.2, -0.15) is 0 Å². The van der Waals surface area contributed by atoms with Gasteiger partial charge in [-0.3, -0.25) is 4.79 Å². The molecule has 0 aliphatic heterocycles. The van der Waals surface area contributed by atoms with Crippen molar-refractivity contribution in [2.24, 2.45) is 0 Å². The van der Waals surface area contributed by atoms with Crippen molar-refractivity contribution >= 4 is 15.8 Å². The summed E-state index contributed by atoms with van der Waals surface area (Å²) in [4.78, 5) is 13.8. The Hall–Kier alpha value is -0.660. The number of nitrogens with zero attached hydrogens (tertiary/aromatic N) is 1. The van der Waals surface area contributed by atoms with Gasteiger partial charge in [0.2, 0.25) is 0 Å².